The first kappa shape index (κ1) is 20.8. The second kappa shape index (κ2) is 8.11. The van der Waals surface area contributed by atoms with Gasteiger partial charge in [0.25, 0.3) is 0 Å². The van der Waals surface area contributed by atoms with Crippen LogP contribution in [-0.2, 0) is 22.7 Å². The van der Waals surface area contributed by atoms with E-state index in [9.17, 15) is 14.4 Å². The van der Waals surface area contributed by atoms with E-state index in [2.05, 4.69) is 24.3 Å². The van der Waals surface area contributed by atoms with Crippen LogP contribution in [0.1, 0.15) is 46.0 Å². The molecule has 3 aromatic rings. The smallest absolute Gasteiger partial charge is 0.352 e. The Morgan fingerprint density at radius 2 is 1.72 bits per heavy atom. The molecule has 1 saturated carbocycles. The Hall–Kier alpha value is -3.10. The second-order valence-electron chi connectivity index (χ2n) is 9.33. The van der Waals surface area contributed by atoms with Gasteiger partial charge in [0.05, 0.1) is 11.0 Å². The first-order valence-corrected chi connectivity index (χ1v) is 11.6. The number of hydrogen-bond donors (Lipinski definition) is 1. The van der Waals surface area contributed by atoms with E-state index in [1.54, 1.807) is 4.57 Å². The zero-order valence-electron chi connectivity index (χ0n) is 18.7. The van der Waals surface area contributed by atoms with Crippen LogP contribution < -0.4 is 11.0 Å². The minimum atomic E-state index is -0.372. The molecule has 0 bridgehead atoms. The predicted octanol–water partition coefficient (Wildman–Crippen LogP) is 1.77. The number of rotatable bonds is 6. The Morgan fingerprint density at radius 3 is 2.41 bits per heavy atom. The number of carbonyl (C=O) groups is 2. The summed E-state index contributed by atoms with van der Waals surface area (Å²) in [6.45, 7) is 4.81. The van der Waals surface area contributed by atoms with Gasteiger partial charge in [0.15, 0.2) is 0 Å². The number of aromatic nitrogens is 4. The van der Waals surface area contributed by atoms with Crippen LogP contribution in [0.25, 0.3) is 16.8 Å². The average Bonchev–Trinajstić information content (AvgIpc) is 3.48. The Kier molecular flexibility index (Phi) is 5.27. The van der Waals surface area contributed by atoms with E-state index in [1.165, 1.54) is 9.08 Å². The number of imidazole rings is 1. The summed E-state index contributed by atoms with van der Waals surface area (Å²) in [6, 6.07) is 7.87. The molecule has 3 heterocycles. The van der Waals surface area contributed by atoms with Gasteiger partial charge in [0.2, 0.25) is 17.6 Å². The van der Waals surface area contributed by atoms with Crippen LogP contribution in [0.5, 0.6) is 0 Å². The van der Waals surface area contributed by atoms with E-state index in [0.717, 1.165) is 37.6 Å². The van der Waals surface area contributed by atoms with E-state index in [4.69, 9.17) is 0 Å². The number of likely N-dealkylation sites (tertiary alicyclic amines) is 1. The van der Waals surface area contributed by atoms with Crippen LogP contribution >= 0.6 is 0 Å². The van der Waals surface area contributed by atoms with Crippen LogP contribution in [0, 0.1) is 5.92 Å². The third-order valence-corrected chi connectivity index (χ3v) is 6.83. The molecule has 2 aliphatic rings. The summed E-state index contributed by atoms with van der Waals surface area (Å²) >= 11 is 0. The van der Waals surface area contributed by atoms with Gasteiger partial charge in [-0.3, -0.25) is 14.2 Å². The van der Waals surface area contributed by atoms with Gasteiger partial charge < -0.3 is 10.2 Å². The van der Waals surface area contributed by atoms with Crippen molar-refractivity contribution in [2.75, 3.05) is 6.54 Å². The standard InChI is InChI=1S/C23H30N6O3/c1-15-6-5-7-16(2)28(15)21(31)14-26-18-8-3-4-9-19(18)29-22(26)25-27(23(29)32)13-20(30)24-12-17-10-11-17/h3-4,8-9,15-17H,5-7,10-14H2,1-2H3,(H,24,30)/t15-,16+. The van der Waals surface area contributed by atoms with Crippen molar-refractivity contribution in [3.8, 4) is 0 Å². The molecular formula is C23H30N6O3. The minimum absolute atomic E-state index is 0.0251. The first-order valence-electron chi connectivity index (χ1n) is 11.6. The molecule has 2 amide bonds. The van der Waals surface area contributed by atoms with Crippen LogP contribution in [0.2, 0.25) is 0 Å². The molecule has 1 saturated heterocycles. The molecule has 0 radical (unpaired) electrons. The minimum Gasteiger partial charge on any atom is -0.354 e. The topological polar surface area (TPSA) is 93.6 Å². The molecule has 2 atom stereocenters. The summed E-state index contributed by atoms with van der Waals surface area (Å²) in [5.74, 6) is 0.757. The highest BCUT2D eigenvalue weighted by Gasteiger charge is 2.30. The Morgan fingerprint density at radius 1 is 1.03 bits per heavy atom. The van der Waals surface area contributed by atoms with Crippen molar-refractivity contribution < 1.29 is 9.59 Å². The molecule has 1 aromatic carbocycles. The lowest BCUT2D eigenvalue weighted by atomic mass is 9.97. The summed E-state index contributed by atoms with van der Waals surface area (Å²) in [7, 11) is 0. The molecule has 1 aliphatic carbocycles. The third-order valence-electron chi connectivity index (χ3n) is 6.83. The number of benzene rings is 1. The van der Waals surface area contributed by atoms with Gasteiger partial charge in [-0.05, 0) is 64.0 Å². The lowest BCUT2D eigenvalue weighted by molar-refractivity contribution is -0.137. The number of nitrogens with one attached hydrogen (secondary N) is 1. The molecule has 170 valence electrons. The average molecular weight is 439 g/mol. The summed E-state index contributed by atoms with van der Waals surface area (Å²) < 4.78 is 4.49. The van der Waals surface area contributed by atoms with Crippen molar-refractivity contribution in [2.24, 2.45) is 5.92 Å². The van der Waals surface area contributed by atoms with Crippen molar-refractivity contribution in [1.29, 1.82) is 0 Å². The van der Waals surface area contributed by atoms with Crippen LogP contribution in [-0.4, -0.2) is 54.1 Å². The Balaban J connectivity index is 1.49. The van der Waals surface area contributed by atoms with E-state index >= 15 is 0 Å². The van der Waals surface area contributed by atoms with E-state index in [1.807, 2.05) is 29.2 Å². The highest BCUT2D eigenvalue weighted by molar-refractivity contribution is 5.85. The molecular weight excluding hydrogens is 408 g/mol. The summed E-state index contributed by atoms with van der Waals surface area (Å²) in [5, 5.41) is 7.34. The number of amides is 2. The van der Waals surface area contributed by atoms with Gasteiger partial charge in [-0.25, -0.2) is 13.9 Å². The maximum atomic E-state index is 13.3. The molecule has 0 spiro atoms. The number of piperidine rings is 1. The number of para-hydroxylation sites is 2. The van der Waals surface area contributed by atoms with Crippen molar-refractivity contribution in [3.63, 3.8) is 0 Å². The van der Waals surface area contributed by atoms with Crippen molar-refractivity contribution in [1.82, 2.24) is 29.0 Å². The van der Waals surface area contributed by atoms with Crippen LogP contribution in [0.3, 0.4) is 0 Å². The fraction of sp³-hybridized carbons (Fsp3) is 0.565. The monoisotopic (exact) mass is 438 g/mol. The van der Waals surface area contributed by atoms with Crippen molar-refractivity contribution in [2.45, 2.75) is 71.1 Å². The molecule has 1 N–H and O–H groups in total. The molecule has 0 unspecified atom stereocenters. The molecule has 9 nitrogen and oxygen atoms in total. The highest BCUT2D eigenvalue weighted by atomic mass is 16.2. The van der Waals surface area contributed by atoms with E-state index in [0.29, 0.717) is 23.8 Å². The largest absolute Gasteiger partial charge is 0.354 e. The summed E-state index contributed by atoms with van der Waals surface area (Å²) in [6.07, 6.45) is 5.43. The highest BCUT2D eigenvalue weighted by Crippen LogP contribution is 2.27. The van der Waals surface area contributed by atoms with Crippen LogP contribution in [0.15, 0.2) is 29.1 Å². The fourth-order valence-electron chi connectivity index (χ4n) is 4.93. The van der Waals surface area contributed by atoms with Gasteiger partial charge in [-0.2, -0.15) is 0 Å². The third kappa shape index (κ3) is 3.69. The molecule has 5 rings (SSSR count). The fourth-order valence-corrected chi connectivity index (χ4v) is 4.93. The van der Waals surface area contributed by atoms with E-state index < -0.39 is 0 Å². The number of carbonyl (C=O) groups excluding carboxylic acids is 2. The zero-order chi connectivity index (χ0) is 22.4. The van der Waals surface area contributed by atoms with Gasteiger partial charge >= 0.3 is 5.69 Å². The lowest BCUT2D eigenvalue weighted by Gasteiger charge is -2.39. The molecule has 2 aromatic heterocycles. The lowest BCUT2D eigenvalue weighted by Crippen LogP contribution is -2.48. The number of nitrogens with zero attached hydrogens (tertiary/aromatic N) is 5. The van der Waals surface area contributed by atoms with Gasteiger partial charge in [-0.15, -0.1) is 5.10 Å². The quantitative estimate of drug-likeness (QED) is 0.635. The zero-order valence-corrected chi connectivity index (χ0v) is 18.7. The summed E-state index contributed by atoms with van der Waals surface area (Å²) in [4.78, 5) is 40.7. The normalized spacial score (nSPS) is 21.4. The molecule has 1 aliphatic heterocycles. The van der Waals surface area contributed by atoms with Gasteiger partial charge in [0.1, 0.15) is 13.1 Å². The van der Waals surface area contributed by atoms with Gasteiger partial charge in [0, 0.05) is 18.6 Å². The maximum absolute atomic E-state index is 13.3. The maximum Gasteiger partial charge on any atom is 0.352 e. The second-order valence-corrected chi connectivity index (χ2v) is 9.33. The first-order chi connectivity index (χ1) is 15.4. The number of fused-ring (bicyclic) bond motifs is 3. The SMILES string of the molecule is C[C@@H]1CCC[C@H](C)N1C(=O)Cn1c2ccccc2n2c(=O)n(CC(=O)NCC3CC3)nc12. The number of hydrogen-bond acceptors (Lipinski definition) is 4. The molecule has 9 heteroatoms. The predicted molar refractivity (Wildman–Crippen MR) is 120 cm³/mol. The molecule has 32 heavy (non-hydrogen) atoms. The van der Waals surface area contributed by atoms with Crippen molar-refractivity contribution >= 4 is 28.6 Å². The Labute approximate surface area is 186 Å². The van der Waals surface area contributed by atoms with Crippen LogP contribution in [0.4, 0.5) is 0 Å². The van der Waals surface area contributed by atoms with Crippen molar-refractivity contribution in [3.05, 3.63) is 34.7 Å². The molecule has 2 fully saturated rings. The van der Waals surface area contributed by atoms with Gasteiger partial charge in [-0.1, -0.05) is 12.1 Å². The van der Waals surface area contributed by atoms with E-state index in [-0.39, 0.29) is 42.7 Å². The Bertz CT molecular complexity index is 1220. The summed E-state index contributed by atoms with van der Waals surface area (Å²) in [5.41, 5.74) is 1.09.